The molecule has 1 rings (SSSR count). The van der Waals surface area contributed by atoms with Gasteiger partial charge in [-0.3, -0.25) is 0 Å². The number of ether oxygens (including phenoxy) is 1. The SMILES string of the molecule is COCCn1ccnc1S(C)(=O)=O. The van der Waals surface area contributed by atoms with E-state index in [1.165, 1.54) is 6.20 Å². The van der Waals surface area contributed by atoms with Gasteiger partial charge in [0.1, 0.15) is 0 Å². The van der Waals surface area contributed by atoms with E-state index in [0.29, 0.717) is 13.2 Å². The summed E-state index contributed by atoms with van der Waals surface area (Å²) in [5.74, 6) is 0. The Bertz CT molecular complexity index is 369. The van der Waals surface area contributed by atoms with Crippen LogP contribution in [0.1, 0.15) is 0 Å². The molecule has 0 aliphatic heterocycles. The van der Waals surface area contributed by atoms with Gasteiger partial charge in [-0.2, -0.15) is 0 Å². The van der Waals surface area contributed by atoms with Crippen molar-refractivity contribution in [1.29, 1.82) is 0 Å². The fourth-order valence-corrected chi connectivity index (χ4v) is 1.81. The van der Waals surface area contributed by atoms with Gasteiger partial charge in [0.15, 0.2) is 0 Å². The first kappa shape index (κ1) is 10.2. The summed E-state index contributed by atoms with van der Waals surface area (Å²) in [6.07, 6.45) is 4.22. The molecule has 0 radical (unpaired) electrons. The summed E-state index contributed by atoms with van der Waals surface area (Å²) in [4.78, 5) is 3.76. The van der Waals surface area contributed by atoms with E-state index >= 15 is 0 Å². The normalized spacial score (nSPS) is 11.8. The number of sulfone groups is 1. The van der Waals surface area contributed by atoms with Crippen LogP contribution in [-0.2, 0) is 21.1 Å². The van der Waals surface area contributed by atoms with Crippen LogP contribution < -0.4 is 0 Å². The van der Waals surface area contributed by atoms with Gasteiger partial charge in [0.05, 0.1) is 6.61 Å². The maximum absolute atomic E-state index is 11.2. The van der Waals surface area contributed by atoms with E-state index in [2.05, 4.69) is 4.98 Å². The van der Waals surface area contributed by atoms with E-state index in [-0.39, 0.29) is 5.16 Å². The van der Waals surface area contributed by atoms with Gasteiger partial charge in [-0.15, -0.1) is 0 Å². The van der Waals surface area contributed by atoms with Gasteiger partial charge in [0.25, 0.3) is 0 Å². The molecule has 1 aromatic heterocycles. The molecule has 0 saturated heterocycles. The molecule has 0 spiro atoms. The van der Waals surface area contributed by atoms with Crippen molar-refractivity contribution in [3.8, 4) is 0 Å². The van der Waals surface area contributed by atoms with Crippen molar-refractivity contribution in [3.05, 3.63) is 12.4 Å². The molecule has 0 aliphatic rings. The highest BCUT2D eigenvalue weighted by Crippen LogP contribution is 2.05. The minimum absolute atomic E-state index is 0.0875. The number of aromatic nitrogens is 2. The van der Waals surface area contributed by atoms with Gasteiger partial charge in [-0.05, 0) is 0 Å². The number of hydrogen-bond donors (Lipinski definition) is 0. The molecule has 1 heterocycles. The van der Waals surface area contributed by atoms with E-state index in [1.54, 1.807) is 17.9 Å². The van der Waals surface area contributed by atoms with Crippen LogP contribution in [0.15, 0.2) is 17.6 Å². The molecule has 0 atom stereocenters. The Morgan fingerprint density at radius 2 is 2.31 bits per heavy atom. The number of rotatable bonds is 4. The van der Waals surface area contributed by atoms with Gasteiger partial charge in [0.2, 0.25) is 15.0 Å². The molecule has 6 heteroatoms. The van der Waals surface area contributed by atoms with Crippen LogP contribution in [0, 0.1) is 0 Å². The Kier molecular flexibility index (Phi) is 3.05. The number of imidazole rings is 1. The zero-order valence-electron chi connectivity index (χ0n) is 7.60. The molecule has 0 saturated carbocycles. The number of hydrogen-bond acceptors (Lipinski definition) is 4. The third-order valence-electron chi connectivity index (χ3n) is 1.55. The molecule has 74 valence electrons. The van der Waals surface area contributed by atoms with Crippen molar-refractivity contribution in [2.45, 2.75) is 11.7 Å². The van der Waals surface area contributed by atoms with E-state index in [0.717, 1.165) is 6.26 Å². The Labute approximate surface area is 77.3 Å². The number of nitrogens with zero attached hydrogens (tertiary/aromatic N) is 2. The molecule has 0 N–H and O–H groups in total. The van der Waals surface area contributed by atoms with Crippen LogP contribution in [0.2, 0.25) is 0 Å². The average molecular weight is 204 g/mol. The summed E-state index contributed by atoms with van der Waals surface area (Å²) in [7, 11) is -1.66. The topological polar surface area (TPSA) is 61.2 Å². The second-order valence-corrected chi connectivity index (χ2v) is 4.58. The Balaban J connectivity index is 2.90. The minimum atomic E-state index is -3.22. The summed E-state index contributed by atoms with van der Waals surface area (Å²) in [5.41, 5.74) is 0. The fraction of sp³-hybridized carbons (Fsp3) is 0.571. The van der Waals surface area contributed by atoms with Crippen molar-refractivity contribution in [2.24, 2.45) is 0 Å². The van der Waals surface area contributed by atoms with Crippen LogP contribution >= 0.6 is 0 Å². The highest BCUT2D eigenvalue weighted by molar-refractivity contribution is 7.90. The standard InChI is InChI=1S/C7H12N2O3S/c1-12-6-5-9-4-3-8-7(9)13(2,10)11/h3-4H,5-6H2,1-2H3. The van der Waals surface area contributed by atoms with Gasteiger partial charge in [-0.1, -0.05) is 0 Å². The second-order valence-electron chi connectivity index (χ2n) is 2.67. The van der Waals surface area contributed by atoms with Crippen molar-refractivity contribution in [1.82, 2.24) is 9.55 Å². The van der Waals surface area contributed by atoms with E-state index in [1.807, 2.05) is 0 Å². The predicted octanol–water partition coefficient (Wildman–Crippen LogP) is -0.0670. The first-order chi connectivity index (χ1) is 6.05. The summed E-state index contributed by atoms with van der Waals surface area (Å²) in [6, 6.07) is 0. The van der Waals surface area contributed by atoms with Gasteiger partial charge in [0, 0.05) is 32.3 Å². The molecular formula is C7H12N2O3S. The maximum atomic E-state index is 11.2. The molecule has 0 aliphatic carbocycles. The third-order valence-corrected chi connectivity index (χ3v) is 2.55. The zero-order valence-corrected chi connectivity index (χ0v) is 8.41. The fourth-order valence-electron chi connectivity index (χ4n) is 0.984. The van der Waals surface area contributed by atoms with Gasteiger partial charge in [-0.25, -0.2) is 13.4 Å². The quantitative estimate of drug-likeness (QED) is 0.689. The van der Waals surface area contributed by atoms with Gasteiger partial charge < -0.3 is 9.30 Å². The largest absolute Gasteiger partial charge is 0.383 e. The molecule has 13 heavy (non-hydrogen) atoms. The summed E-state index contributed by atoms with van der Waals surface area (Å²) in [5, 5.41) is 0.0875. The Hall–Kier alpha value is -0.880. The molecular weight excluding hydrogens is 192 g/mol. The van der Waals surface area contributed by atoms with Crippen molar-refractivity contribution in [2.75, 3.05) is 20.0 Å². The van der Waals surface area contributed by atoms with Crippen molar-refractivity contribution in [3.63, 3.8) is 0 Å². The molecule has 0 amide bonds. The third kappa shape index (κ3) is 2.53. The molecule has 0 bridgehead atoms. The average Bonchev–Trinajstić information content (AvgIpc) is 2.47. The minimum Gasteiger partial charge on any atom is -0.383 e. The van der Waals surface area contributed by atoms with Crippen LogP contribution in [0.5, 0.6) is 0 Å². The van der Waals surface area contributed by atoms with Crippen LogP contribution in [-0.4, -0.2) is 37.9 Å². The Morgan fingerprint density at radius 1 is 1.62 bits per heavy atom. The summed E-state index contributed by atoms with van der Waals surface area (Å²) >= 11 is 0. The highest BCUT2D eigenvalue weighted by Gasteiger charge is 2.13. The molecule has 1 aromatic rings. The van der Waals surface area contributed by atoms with Crippen LogP contribution in [0.3, 0.4) is 0 Å². The smallest absolute Gasteiger partial charge is 0.227 e. The second kappa shape index (κ2) is 3.89. The lowest BCUT2D eigenvalue weighted by molar-refractivity contribution is 0.184. The number of methoxy groups -OCH3 is 1. The highest BCUT2D eigenvalue weighted by atomic mass is 32.2. The maximum Gasteiger partial charge on any atom is 0.227 e. The molecule has 5 nitrogen and oxygen atoms in total. The van der Waals surface area contributed by atoms with Crippen LogP contribution in [0.4, 0.5) is 0 Å². The van der Waals surface area contributed by atoms with Crippen LogP contribution in [0.25, 0.3) is 0 Å². The van der Waals surface area contributed by atoms with Gasteiger partial charge >= 0.3 is 0 Å². The molecule has 0 unspecified atom stereocenters. The van der Waals surface area contributed by atoms with E-state index in [4.69, 9.17) is 4.74 Å². The lowest BCUT2D eigenvalue weighted by Gasteiger charge is -2.04. The first-order valence-electron chi connectivity index (χ1n) is 3.76. The monoisotopic (exact) mass is 204 g/mol. The lowest BCUT2D eigenvalue weighted by atomic mass is 10.7. The predicted molar refractivity (Wildman–Crippen MR) is 47.2 cm³/mol. The Morgan fingerprint density at radius 3 is 2.85 bits per heavy atom. The van der Waals surface area contributed by atoms with Crippen molar-refractivity contribution < 1.29 is 13.2 Å². The van der Waals surface area contributed by atoms with Crippen molar-refractivity contribution >= 4 is 9.84 Å². The lowest BCUT2D eigenvalue weighted by Crippen LogP contribution is -2.11. The molecule has 0 fully saturated rings. The summed E-state index contributed by atoms with van der Waals surface area (Å²) in [6.45, 7) is 0.970. The van der Waals surface area contributed by atoms with E-state index in [9.17, 15) is 8.42 Å². The van der Waals surface area contributed by atoms with E-state index < -0.39 is 9.84 Å². The summed E-state index contributed by atoms with van der Waals surface area (Å²) < 4.78 is 28.7. The first-order valence-corrected chi connectivity index (χ1v) is 5.65. The zero-order chi connectivity index (χ0) is 9.90. The molecule has 0 aromatic carbocycles.